The molecule has 0 aliphatic carbocycles. The van der Waals surface area contributed by atoms with E-state index in [1.165, 1.54) is 31.9 Å². The zero-order chi connectivity index (χ0) is 20.3. The number of Topliss-reactive ketones (excluding diaryl/α,β-unsaturated/α-hetero) is 1. The largest absolute Gasteiger partial charge is 0.334 e. The topological polar surface area (TPSA) is 37.4 Å². The zero-order valence-electron chi connectivity index (χ0n) is 15.4. The van der Waals surface area contributed by atoms with Gasteiger partial charge in [0.2, 0.25) is 0 Å². The molecule has 0 heterocycles. The predicted octanol–water partition coefficient (Wildman–Crippen LogP) is 4.25. The third-order valence-electron chi connectivity index (χ3n) is 4.54. The van der Waals surface area contributed by atoms with Gasteiger partial charge in [0.25, 0.3) is 5.91 Å². The number of amides is 1. The highest BCUT2D eigenvalue weighted by Gasteiger charge is 2.23. The fourth-order valence-corrected chi connectivity index (χ4v) is 2.82. The summed E-state index contributed by atoms with van der Waals surface area (Å²) in [6, 6.07) is 6.79. The second-order valence-electron chi connectivity index (χ2n) is 6.34. The first-order valence-electron chi connectivity index (χ1n) is 8.30. The minimum Gasteiger partial charge on any atom is -0.334 e. The third-order valence-corrected chi connectivity index (χ3v) is 4.54. The average molecular weight is 375 g/mol. The van der Waals surface area contributed by atoms with Crippen LogP contribution in [0.3, 0.4) is 0 Å². The standard InChI is InChI=1S/C21H20F3NO2/c1-5-14-8-6-7-9-16(14)21(27)25(4)11-15(26)10-17-12(2)13(3)18(22)20(24)19(17)23/h5-9H,1,10-11H2,2-4H3. The highest BCUT2D eigenvalue weighted by atomic mass is 19.2. The van der Waals surface area contributed by atoms with Gasteiger partial charge in [-0.2, -0.15) is 0 Å². The van der Waals surface area contributed by atoms with Crippen molar-refractivity contribution in [3.8, 4) is 0 Å². The Labute approximate surface area is 156 Å². The van der Waals surface area contributed by atoms with E-state index in [2.05, 4.69) is 6.58 Å². The molecule has 0 atom stereocenters. The summed E-state index contributed by atoms with van der Waals surface area (Å²) in [5.74, 6) is -5.10. The molecule has 142 valence electrons. The number of hydrogen-bond acceptors (Lipinski definition) is 2. The molecule has 0 aromatic heterocycles. The van der Waals surface area contributed by atoms with Crippen molar-refractivity contribution in [2.75, 3.05) is 13.6 Å². The maximum absolute atomic E-state index is 14.1. The number of ketones is 1. The molecule has 3 nitrogen and oxygen atoms in total. The summed E-state index contributed by atoms with van der Waals surface area (Å²) in [6.07, 6.45) is 1.10. The van der Waals surface area contributed by atoms with E-state index in [-0.39, 0.29) is 23.2 Å². The van der Waals surface area contributed by atoms with E-state index in [9.17, 15) is 22.8 Å². The molecule has 0 aliphatic heterocycles. The Balaban J connectivity index is 2.19. The predicted molar refractivity (Wildman–Crippen MR) is 98.0 cm³/mol. The van der Waals surface area contributed by atoms with E-state index in [4.69, 9.17) is 0 Å². The van der Waals surface area contributed by atoms with Gasteiger partial charge >= 0.3 is 0 Å². The second kappa shape index (κ2) is 8.20. The Morgan fingerprint density at radius 2 is 1.67 bits per heavy atom. The van der Waals surface area contributed by atoms with Gasteiger partial charge in [-0.3, -0.25) is 9.59 Å². The van der Waals surface area contributed by atoms with Gasteiger partial charge in [0.05, 0.1) is 6.54 Å². The highest BCUT2D eigenvalue weighted by molar-refractivity contribution is 5.99. The van der Waals surface area contributed by atoms with E-state index in [1.54, 1.807) is 24.3 Å². The monoisotopic (exact) mass is 375 g/mol. The SMILES string of the molecule is C=Cc1ccccc1C(=O)N(C)CC(=O)Cc1c(C)c(C)c(F)c(F)c1F. The van der Waals surface area contributed by atoms with Crippen LogP contribution in [0, 0.1) is 31.3 Å². The van der Waals surface area contributed by atoms with Crippen LogP contribution in [0.4, 0.5) is 13.2 Å². The highest BCUT2D eigenvalue weighted by Crippen LogP contribution is 2.24. The molecule has 6 heteroatoms. The van der Waals surface area contributed by atoms with Gasteiger partial charge < -0.3 is 4.90 Å². The van der Waals surface area contributed by atoms with Gasteiger partial charge in [-0.25, -0.2) is 13.2 Å². The van der Waals surface area contributed by atoms with Gasteiger partial charge in [0, 0.05) is 24.6 Å². The fourth-order valence-electron chi connectivity index (χ4n) is 2.82. The van der Waals surface area contributed by atoms with Crippen molar-refractivity contribution in [2.24, 2.45) is 0 Å². The lowest BCUT2D eigenvalue weighted by atomic mass is 9.97. The van der Waals surface area contributed by atoms with Crippen LogP contribution in [0.5, 0.6) is 0 Å². The van der Waals surface area contributed by atoms with Crippen molar-refractivity contribution in [3.05, 3.63) is 76.1 Å². The minimum absolute atomic E-state index is 0.0407. The summed E-state index contributed by atoms with van der Waals surface area (Å²) in [7, 11) is 1.44. The Bertz CT molecular complexity index is 893. The van der Waals surface area contributed by atoms with Crippen molar-refractivity contribution >= 4 is 17.8 Å². The minimum atomic E-state index is -1.59. The molecule has 2 rings (SSSR count). The molecular weight excluding hydrogens is 355 g/mol. The van der Waals surface area contributed by atoms with Crippen LogP contribution < -0.4 is 0 Å². The van der Waals surface area contributed by atoms with Gasteiger partial charge in [0.15, 0.2) is 23.2 Å². The molecule has 0 aliphatic rings. The normalized spacial score (nSPS) is 10.6. The summed E-state index contributed by atoms with van der Waals surface area (Å²) < 4.78 is 41.3. The number of likely N-dealkylation sites (N-methyl/N-ethyl adjacent to an activating group) is 1. The quantitative estimate of drug-likeness (QED) is 0.708. The smallest absolute Gasteiger partial charge is 0.254 e. The Morgan fingerprint density at radius 3 is 2.30 bits per heavy atom. The van der Waals surface area contributed by atoms with E-state index in [0.29, 0.717) is 11.1 Å². The molecule has 2 aromatic rings. The van der Waals surface area contributed by atoms with Crippen LogP contribution in [-0.4, -0.2) is 30.2 Å². The van der Waals surface area contributed by atoms with Crippen LogP contribution in [0.25, 0.3) is 6.08 Å². The van der Waals surface area contributed by atoms with E-state index < -0.39 is 35.6 Å². The van der Waals surface area contributed by atoms with Gasteiger partial charge in [-0.05, 0) is 36.6 Å². The van der Waals surface area contributed by atoms with Crippen molar-refractivity contribution in [2.45, 2.75) is 20.3 Å². The average Bonchev–Trinajstić information content (AvgIpc) is 2.67. The van der Waals surface area contributed by atoms with Gasteiger partial charge in [-0.1, -0.05) is 30.9 Å². The first-order chi connectivity index (χ1) is 12.7. The first-order valence-corrected chi connectivity index (χ1v) is 8.30. The zero-order valence-corrected chi connectivity index (χ0v) is 15.4. The summed E-state index contributed by atoms with van der Waals surface area (Å²) in [4.78, 5) is 26.1. The van der Waals surface area contributed by atoms with Crippen LogP contribution >= 0.6 is 0 Å². The maximum atomic E-state index is 14.1. The molecule has 0 unspecified atom stereocenters. The molecule has 0 bridgehead atoms. The van der Waals surface area contributed by atoms with Crippen molar-refractivity contribution < 1.29 is 22.8 Å². The molecular formula is C21H20F3NO2. The van der Waals surface area contributed by atoms with Gasteiger partial charge in [0.1, 0.15) is 0 Å². The number of hydrogen-bond donors (Lipinski definition) is 0. The molecule has 0 saturated carbocycles. The molecule has 0 saturated heterocycles. The lowest BCUT2D eigenvalue weighted by Gasteiger charge is -2.18. The van der Waals surface area contributed by atoms with Crippen LogP contribution in [0.2, 0.25) is 0 Å². The molecule has 0 N–H and O–H groups in total. The summed E-state index contributed by atoms with van der Waals surface area (Å²) in [6.45, 7) is 6.11. The number of nitrogens with zero attached hydrogens (tertiary/aromatic N) is 1. The Kier molecular flexibility index (Phi) is 6.20. The number of rotatable bonds is 6. The molecule has 0 radical (unpaired) electrons. The molecule has 0 spiro atoms. The summed E-state index contributed by atoms with van der Waals surface area (Å²) >= 11 is 0. The summed E-state index contributed by atoms with van der Waals surface area (Å²) in [5, 5.41) is 0. The first kappa shape index (κ1) is 20.4. The van der Waals surface area contributed by atoms with Crippen molar-refractivity contribution in [3.63, 3.8) is 0 Å². The fraction of sp³-hybridized carbons (Fsp3) is 0.238. The lowest BCUT2D eigenvalue weighted by Crippen LogP contribution is -2.33. The number of carbonyl (C=O) groups is 2. The number of benzene rings is 2. The molecule has 0 fully saturated rings. The molecule has 1 amide bonds. The second-order valence-corrected chi connectivity index (χ2v) is 6.34. The number of carbonyl (C=O) groups excluding carboxylic acids is 2. The van der Waals surface area contributed by atoms with Crippen molar-refractivity contribution in [1.29, 1.82) is 0 Å². The molecule has 2 aromatic carbocycles. The summed E-state index contributed by atoms with van der Waals surface area (Å²) in [5.41, 5.74) is 0.962. The van der Waals surface area contributed by atoms with Crippen LogP contribution in [-0.2, 0) is 11.2 Å². The lowest BCUT2D eigenvalue weighted by molar-refractivity contribution is -0.118. The third kappa shape index (κ3) is 4.10. The maximum Gasteiger partial charge on any atom is 0.254 e. The van der Waals surface area contributed by atoms with E-state index >= 15 is 0 Å². The van der Waals surface area contributed by atoms with Gasteiger partial charge in [-0.15, -0.1) is 0 Å². The Hall–Kier alpha value is -2.89. The van der Waals surface area contributed by atoms with Crippen LogP contribution in [0.1, 0.15) is 32.6 Å². The van der Waals surface area contributed by atoms with Crippen LogP contribution in [0.15, 0.2) is 30.8 Å². The number of halogens is 3. The Morgan fingerprint density at radius 1 is 1.04 bits per heavy atom. The van der Waals surface area contributed by atoms with E-state index in [0.717, 1.165) is 0 Å². The molecule has 27 heavy (non-hydrogen) atoms. The van der Waals surface area contributed by atoms with E-state index in [1.807, 2.05) is 0 Å². The van der Waals surface area contributed by atoms with Crippen molar-refractivity contribution in [1.82, 2.24) is 4.90 Å².